The summed E-state index contributed by atoms with van der Waals surface area (Å²) in [6.45, 7) is 7.63. The second-order valence-corrected chi connectivity index (χ2v) is 7.01. The topological polar surface area (TPSA) is 88.9 Å². The van der Waals surface area contributed by atoms with Gasteiger partial charge in [0.1, 0.15) is 6.54 Å². The van der Waals surface area contributed by atoms with Crippen molar-refractivity contribution in [1.29, 1.82) is 0 Å². The van der Waals surface area contributed by atoms with Crippen LogP contribution in [0.4, 0.5) is 11.4 Å². The normalized spacial score (nSPS) is 10.6. The molecule has 0 aliphatic rings. The molecule has 0 saturated carbocycles. The molecule has 150 valence electrons. The Morgan fingerprint density at radius 1 is 1.00 bits per heavy atom. The predicted octanol–water partition coefficient (Wildman–Crippen LogP) is 3.66. The second-order valence-electron chi connectivity index (χ2n) is 7.01. The number of amides is 2. The molecule has 0 spiro atoms. The minimum atomic E-state index is -0.348. The smallest absolute Gasteiger partial charge is 0.278 e. The van der Waals surface area contributed by atoms with Crippen LogP contribution in [0.2, 0.25) is 0 Å². The fourth-order valence-electron chi connectivity index (χ4n) is 3.05. The molecule has 7 heteroatoms. The summed E-state index contributed by atoms with van der Waals surface area (Å²) in [6, 6.07) is 13.5. The van der Waals surface area contributed by atoms with E-state index in [2.05, 4.69) is 20.9 Å². The van der Waals surface area contributed by atoms with Crippen molar-refractivity contribution in [3.63, 3.8) is 0 Å². The van der Waals surface area contributed by atoms with Crippen LogP contribution < -0.4 is 10.6 Å². The molecule has 0 aliphatic carbocycles. The van der Waals surface area contributed by atoms with Crippen molar-refractivity contribution >= 4 is 23.2 Å². The van der Waals surface area contributed by atoms with Crippen LogP contribution in [-0.4, -0.2) is 26.8 Å². The maximum Gasteiger partial charge on any atom is 0.278 e. The molecule has 1 aromatic heterocycles. The van der Waals surface area contributed by atoms with Crippen molar-refractivity contribution in [2.75, 3.05) is 10.6 Å². The summed E-state index contributed by atoms with van der Waals surface area (Å²) < 4.78 is 1.43. The van der Waals surface area contributed by atoms with E-state index in [-0.39, 0.29) is 24.1 Å². The summed E-state index contributed by atoms with van der Waals surface area (Å²) in [5.41, 5.74) is 5.32. The number of nitrogens with one attached hydrogen (secondary N) is 2. The molecule has 7 nitrogen and oxygen atoms in total. The number of carbonyl (C=O) groups excluding carboxylic acids is 2. The largest absolute Gasteiger partial charge is 0.324 e. The van der Waals surface area contributed by atoms with Crippen LogP contribution in [0, 0.1) is 20.8 Å². The van der Waals surface area contributed by atoms with Crippen LogP contribution >= 0.6 is 0 Å². The van der Waals surface area contributed by atoms with Crippen molar-refractivity contribution in [3.05, 3.63) is 70.5 Å². The molecule has 2 N–H and O–H groups in total. The second kappa shape index (κ2) is 8.68. The zero-order chi connectivity index (χ0) is 21.0. The molecule has 29 heavy (non-hydrogen) atoms. The molecule has 0 bridgehead atoms. The molecular formula is C22H25N5O2. The lowest BCUT2D eigenvalue weighted by Crippen LogP contribution is -2.21. The fourth-order valence-corrected chi connectivity index (χ4v) is 3.05. The quantitative estimate of drug-likeness (QED) is 0.671. The molecule has 0 radical (unpaired) electrons. The Balaban J connectivity index is 1.71. The van der Waals surface area contributed by atoms with E-state index in [1.54, 1.807) is 6.92 Å². The molecule has 1 heterocycles. The summed E-state index contributed by atoms with van der Waals surface area (Å²) in [5.74, 6) is -0.570. The van der Waals surface area contributed by atoms with Crippen LogP contribution in [0.5, 0.6) is 0 Å². The SMILES string of the molecule is CCc1ccccc1NC(=O)Cn1nnc(C(=O)Nc2cc(C)ccc2C)c1C. The number of hydrogen-bond donors (Lipinski definition) is 2. The van der Waals surface area contributed by atoms with E-state index in [1.165, 1.54) is 4.68 Å². The van der Waals surface area contributed by atoms with Gasteiger partial charge in [0.15, 0.2) is 5.69 Å². The van der Waals surface area contributed by atoms with Gasteiger partial charge in [0, 0.05) is 11.4 Å². The molecular weight excluding hydrogens is 366 g/mol. The van der Waals surface area contributed by atoms with E-state index in [9.17, 15) is 9.59 Å². The van der Waals surface area contributed by atoms with Crippen molar-refractivity contribution in [2.24, 2.45) is 0 Å². The first-order chi connectivity index (χ1) is 13.9. The maximum absolute atomic E-state index is 12.6. The van der Waals surface area contributed by atoms with Crippen molar-refractivity contribution < 1.29 is 9.59 Å². The van der Waals surface area contributed by atoms with Crippen molar-refractivity contribution in [1.82, 2.24) is 15.0 Å². The Kier molecular flexibility index (Phi) is 6.07. The highest BCUT2D eigenvalue weighted by Gasteiger charge is 2.19. The number of para-hydroxylation sites is 1. The van der Waals surface area contributed by atoms with E-state index in [0.717, 1.165) is 34.5 Å². The number of aryl methyl sites for hydroxylation is 3. The standard InChI is InChI=1S/C22H25N5O2/c1-5-17-8-6-7-9-18(17)23-20(28)13-27-16(4)21(25-26-27)22(29)24-19-12-14(2)10-11-15(19)3/h6-12H,5,13H2,1-4H3,(H,23,28)(H,24,29). The van der Waals surface area contributed by atoms with Crippen LogP contribution in [0.3, 0.4) is 0 Å². The van der Waals surface area contributed by atoms with Gasteiger partial charge in [-0.3, -0.25) is 9.59 Å². The molecule has 0 atom stereocenters. The van der Waals surface area contributed by atoms with Gasteiger partial charge in [-0.2, -0.15) is 0 Å². The Labute approximate surface area is 170 Å². The number of benzene rings is 2. The summed E-state index contributed by atoms with van der Waals surface area (Å²) in [5, 5.41) is 13.7. The Morgan fingerprint density at radius 3 is 2.52 bits per heavy atom. The van der Waals surface area contributed by atoms with E-state index in [4.69, 9.17) is 0 Å². The van der Waals surface area contributed by atoms with Gasteiger partial charge < -0.3 is 10.6 Å². The molecule has 2 aromatic carbocycles. The molecule has 0 aliphatic heterocycles. The highest BCUT2D eigenvalue weighted by atomic mass is 16.2. The number of anilines is 2. The molecule has 2 amide bonds. The summed E-state index contributed by atoms with van der Waals surface area (Å²) in [6.07, 6.45) is 0.821. The van der Waals surface area contributed by atoms with Crippen LogP contribution in [0.1, 0.15) is 39.8 Å². The summed E-state index contributed by atoms with van der Waals surface area (Å²) >= 11 is 0. The van der Waals surface area contributed by atoms with Gasteiger partial charge in [-0.15, -0.1) is 5.10 Å². The summed E-state index contributed by atoms with van der Waals surface area (Å²) in [7, 11) is 0. The molecule has 0 fully saturated rings. The lowest BCUT2D eigenvalue weighted by atomic mass is 10.1. The van der Waals surface area contributed by atoms with Gasteiger partial charge in [0.2, 0.25) is 5.91 Å². The van der Waals surface area contributed by atoms with Crippen LogP contribution in [0.25, 0.3) is 0 Å². The van der Waals surface area contributed by atoms with Gasteiger partial charge >= 0.3 is 0 Å². The first kappa shape index (κ1) is 20.3. The third kappa shape index (κ3) is 4.68. The van der Waals surface area contributed by atoms with Gasteiger partial charge in [-0.25, -0.2) is 4.68 Å². The average Bonchev–Trinajstić information content (AvgIpc) is 3.05. The highest BCUT2D eigenvalue weighted by Crippen LogP contribution is 2.18. The van der Waals surface area contributed by atoms with Crippen LogP contribution in [0.15, 0.2) is 42.5 Å². The minimum Gasteiger partial charge on any atom is -0.324 e. The van der Waals surface area contributed by atoms with Crippen molar-refractivity contribution in [2.45, 2.75) is 40.7 Å². The molecule has 0 saturated heterocycles. The van der Waals surface area contributed by atoms with E-state index in [1.807, 2.05) is 63.2 Å². The lowest BCUT2D eigenvalue weighted by molar-refractivity contribution is -0.117. The third-order valence-electron chi connectivity index (χ3n) is 4.80. The van der Waals surface area contributed by atoms with E-state index >= 15 is 0 Å². The number of nitrogens with zero attached hydrogens (tertiary/aromatic N) is 3. The zero-order valence-electron chi connectivity index (χ0n) is 17.1. The maximum atomic E-state index is 12.6. The van der Waals surface area contributed by atoms with Crippen molar-refractivity contribution in [3.8, 4) is 0 Å². The first-order valence-corrected chi connectivity index (χ1v) is 9.55. The van der Waals surface area contributed by atoms with Crippen LogP contribution in [-0.2, 0) is 17.8 Å². The van der Waals surface area contributed by atoms with Gasteiger partial charge in [0.25, 0.3) is 5.91 Å². The number of rotatable bonds is 6. The third-order valence-corrected chi connectivity index (χ3v) is 4.80. The van der Waals surface area contributed by atoms with E-state index in [0.29, 0.717) is 5.69 Å². The van der Waals surface area contributed by atoms with Gasteiger partial charge in [0.05, 0.1) is 5.69 Å². The number of hydrogen-bond acceptors (Lipinski definition) is 4. The number of carbonyl (C=O) groups is 2. The molecule has 0 unspecified atom stereocenters. The predicted molar refractivity (Wildman–Crippen MR) is 113 cm³/mol. The Bertz CT molecular complexity index is 1060. The minimum absolute atomic E-state index is 0.0202. The Morgan fingerprint density at radius 2 is 1.76 bits per heavy atom. The fraction of sp³-hybridized carbons (Fsp3) is 0.273. The Hall–Kier alpha value is -3.48. The van der Waals surface area contributed by atoms with Gasteiger partial charge in [-0.05, 0) is 56.0 Å². The molecule has 3 rings (SSSR count). The average molecular weight is 391 g/mol. The van der Waals surface area contributed by atoms with Gasteiger partial charge in [-0.1, -0.05) is 42.5 Å². The number of aromatic nitrogens is 3. The highest BCUT2D eigenvalue weighted by molar-refractivity contribution is 6.04. The zero-order valence-corrected chi connectivity index (χ0v) is 17.1. The summed E-state index contributed by atoms with van der Waals surface area (Å²) in [4.78, 5) is 25.1. The first-order valence-electron chi connectivity index (χ1n) is 9.55. The molecule has 3 aromatic rings. The lowest BCUT2D eigenvalue weighted by Gasteiger charge is -2.10. The monoisotopic (exact) mass is 391 g/mol. The van der Waals surface area contributed by atoms with E-state index < -0.39 is 0 Å².